The number of hydrogen-bond donors (Lipinski definition) is 0. The summed E-state index contributed by atoms with van der Waals surface area (Å²) < 4.78 is 0. The van der Waals surface area contributed by atoms with Crippen molar-refractivity contribution in [2.75, 3.05) is 9.80 Å². The van der Waals surface area contributed by atoms with Gasteiger partial charge in [-0.1, -0.05) is 146 Å². The maximum Gasteiger partial charge on any atom is 0.0973 e. The van der Waals surface area contributed by atoms with E-state index in [1.807, 2.05) is 0 Å². The van der Waals surface area contributed by atoms with Gasteiger partial charge in [-0.3, -0.25) is 0 Å². The molecule has 10 aromatic rings. The fourth-order valence-electron chi connectivity index (χ4n) is 8.16. The van der Waals surface area contributed by atoms with E-state index < -0.39 is 0 Å². The Morgan fingerprint density at radius 3 is 0.758 bits per heavy atom. The lowest BCUT2D eigenvalue weighted by Gasteiger charge is -2.25. The van der Waals surface area contributed by atoms with Crippen LogP contribution in [0.2, 0.25) is 0 Å². The smallest absolute Gasteiger partial charge is 0.0973 e. The topological polar surface area (TPSA) is 32.3 Å². The van der Waals surface area contributed by atoms with Crippen molar-refractivity contribution in [3.05, 3.63) is 242 Å². The van der Waals surface area contributed by atoms with Crippen LogP contribution in [0.25, 0.3) is 55.8 Å². The van der Waals surface area contributed by atoms with Gasteiger partial charge >= 0.3 is 0 Å². The van der Waals surface area contributed by atoms with E-state index in [1.54, 1.807) is 0 Å². The number of anilines is 6. The highest BCUT2D eigenvalue weighted by atomic mass is 15.1. The molecule has 0 N–H and O–H groups in total. The summed E-state index contributed by atoms with van der Waals surface area (Å²) in [5.41, 5.74) is 19.2. The molecule has 1 heterocycles. The first kappa shape index (κ1) is 38.1. The highest BCUT2D eigenvalue weighted by molar-refractivity contribution is 5.88. The summed E-state index contributed by atoms with van der Waals surface area (Å²) in [5.74, 6) is 0. The minimum Gasteiger partial charge on any atom is -0.311 e. The largest absolute Gasteiger partial charge is 0.311 e. The second-order valence-corrected chi connectivity index (χ2v) is 15.6. The molecule has 0 amide bonds. The molecule has 0 radical (unpaired) electrons. The number of aromatic nitrogens is 2. The van der Waals surface area contributed by atoms with E-state index in [0.29, 0.717) is 0 Å². The number of benzene rings is 9. The fraction of sp³-hybridized carbons (Fsp3) is 0.0345. The van der Waals surface area contributed by atoms with Gasteiger partial charge in [0, 0.05) is 45.3 Å². The summed E-state index contributed by atoms with van der Waals surface area (Å²) in [6.07, 6.45) is 0. The van der Waals surface area contributed by atoms with Gasteiger partial charge < -0.3 is 9.80 Å². The Bertz CT molecular complexity index is 2790. The van der Waals surface area contributed by atoms with Crippen molar-refractivity contribution >= 4 is 45.2 Å². The van der Waals surface area contributed by atoms with E-state index in [4.69, 9.17) is 9.97 Å². The van der Waals surface area contributed by atoms with Crippen LogP contribution in [-0.2, 0) is 0 Å². The molecule has 1 aromatic heterocycles. The first-order chi connectivity index (χ1) is 30.6. The van der Waals surface area contributed by atoms with Gasteiger partial charge in [-0.05, 0) is 132 Å². The lowest BCUT2D eigenvalue weighted by atomic mass is 9.97. The van der Waals surface area contributed by atoms with Gasteiger partial charge in [0.1, 0.15) is 0 Å². The zero-order valence-electron chi connectivity index (χ0n) is 34.7. The van der Waals surface area contributed by atoms with Crippen molar-refractivity contribution in [3.8, 4) is 44.8 Å². The third kappa shape index (κ3) is 7.74. The molecule has 4 heteroatoms. The lowest BCUT2D eigenvalue weighted by Crippen LogP contribution is -2.09. The number of hydrogen-bond acceptors (Lipinski definition) is 4. The van der Waals surface area contributed by atoms with Gasteiger partial charge in [-0.25, -0.2) is 9.97 Å². The Balaban J connectivity index is 0.954. The summed E-state index contributed by atoms with van der Waals surface area (Å²) in [4.78, 5) is 15.2. The summed E-state index contributed by atoms with van der Waals surface area (Å²) in [6.45, 7) is 4.27. The molecule has 0 unspecified atom stereocenters. The van der Waals surface area contributed by atoms with E-state index in [1.165, 1.54) is 11.1 Å². The standard InChI is InChI=1S/C58H44N4/c1-41-39-55-56(40-42(41)2)60-58(48-29-25-44(26-30-48)46-33-37-54(38-34-46)62(51-19-11-5-12-20-51)52-21-13-6-14-22-52)57(59-55)47-27-23-43(24-28-47)45-31-35-53(36-32-45)61(49-15-7-3-8-16-49)50-17-9-4-10-18-50/h3-40H,1-2H3. The van der Waals surface area contributed by atoms with Gasteiger partial charge in [0.2, 0.25) is 0 Å². The minimum absolute atomic E-state index is 0.864. The molecule has 62 heavy (non-hydrogen) atoms. The van der Waals surface area contributed by atoms with E-state index in [0.717, 1.165) is 89.9 Å². The molecule has 10 rings (SSSR count). The average molecular weight is 797 g/mol. The number of rotatable bonds is 10. The first-order valence-electron chi connectivity index (χ1n) is 21.1. The van der Waals surface area contributed by atoms with Crippen molar-refractivity contribution in [2.45, 2.75) is 13.8 Å². The SMILES string of the molecule is Cc1cc2nc(-c3ccc(-c4ccc(N(c5ccccc5)c5ccccc5)cc4)cc3)c(-c3ccc(-c4ccc(N(c5ccccc5)c5ccccc5)cc4)cc3)nc2cc1C. The van der Waals surface area contributed by atoms with Gasteiger partial charge in [0.05, 0.1) is 22.4 Å². The third-order valence-corrected chi connectivity index (χ3v) is 11.6. The van der Waals surface area contributed by atoms with Crippen molar-refractivity contribution in [1.82, 2.24) is 9.97 Å². The Labute approximate surface area is 363 Å². The molecule has 0 aliphatic carbocycles. The van der Waals surface area contributed by atoms with Crippen LogP contribution in [0.5, 0.6) is 0 Å². The maximum atomic E-state index is 5.30. The second kappa shape index (κ2) is 16.9. The third-order valence-electron chi connectivity index (χ3n) is 11.6. The van der Waals surface area contributed by atoms with E-state index >= 15 is 0 Å². The minimum atomic E-state index is 0.864. The van der Waals surface area contributed by atoms with Gasteiger partial charge in [0.25, 0.3) is 0 Å². The molecular formula is C58H44N4. The molecule has 0 fully saturated rings. The number of aryl methyl sites for hydroxylation is 2. The quantitative estimate of drug-likeness (QED) is 0.138. The molecule has 0 bridgehead atoms. The van der Waals surface area contributed by atoms with Crippen LogP contribution in [0.4, 0.5) is 34.1 Å². The normalized spacial score (nSPS) is 11.1. The fourth-order valence-corrected chi connectivity index (χ4v) is 8.16. The van der Waals surface area contributed by atoms with Crippen molar-refractivity contribution in [3.63, 3.8) is 0 Å². The molecule has 9 aromatic carbocycles. The molecule has 0 saturated heterocycles. The number of para-hydroxylation sites is 4. The molecule has 4 nitrogen and oxygen atoms in total. The van der Waals surface area contributed by atoms with Crippen LogP contribution >= 0.6 is 0 Å². The van der Waals surface area contributed by atoms with Crippen molar-refractivity contribution in [1.29, 1.82) is 0 Å². The van der Waals surface area contributed by atoms with Crippen molar-refractivity contribution < 1.29 is 0 Å². The first-order valence-corrected chi connectivity index (χ1v) is 21.1. The predicted octanol–water partition coefficient (Wildman–Crippen LogP) is 15.9. The number of nitrogens with zero attached hydrogens (tertiary/aromatic N) is 4. The molecule has 0 aliphatic heterocycles. The monoisotopic (exact) mass is 796 g/mol. The summed E-state index contributed by atoms with van der Waals surface area (Å²) >= 11 is 0. The highest BCUT2D eigenvalue weighted by Crippen LogP contribution is 2.39. The van der Waals surface area contributed by atoms with E-state index in [9.17, 15) is 0 Å². The van der Waals surface area contributed by atoms with Crippen LogP contribution in [-0.4, -0.2) is 9.97 Å². The molecular weight excluding hydrogens is 753 g/mol. The average Bonchev–Trinajstić information content (AvgIpc) is 3.34. The predicted molar refractivity (Wildman–Crippen MR) is 260 cm³/mol. The van der Waals surface area contributed by atoms with Crippen LogP contribution < -0.4 is 9.80 Å². The van der Waals surface area contributed by atoms with E-state index in [2.05, 4.69) is 254 Å². The molecule has 0 aliphatic rings. The Hall–Kier alpha value is -8.08. The molecule has 0 spiro atoms. The van der Waals surface area contributed by atoms with Crippen LogP contribution in [0.1, 0.15) is 11.1 Å². The molecule has 0 atom stereocenters. The summed E-state index contributed by atoms with van der Waals surface area (Å²) in [5, 5.41) is 0. The lowest BCUT2D eigenvalue weighted by molar-refractivity contribution is 1.26. The second-order valence-electron chi connectivity index (χ2n) is 15.6. The van der Waals surface area contributed by atoms with Crippen LogP contribution in [0, 0.1) is 13.8 Å². The maximum absolute atomic E-state index is 5.30. The molecule has 0 saturated carbocycles. The van der Waals surface area contributed by atoms with Crippen LogP contribution in [0.15, 0.2) is 231 Å². The van der Waals surface area contributed by atoms with Gasteiger partial charge in [-0.15, -0.1) is 0 Å². The zero-order valence-corrected chi connectivity index (χ0v) is 34.7. The zero-order chi connectivity index (χ0) is 41.8. The van der Waals surface area contributed by atoms with Crippen molar-refractivity contribution in [2.24, 2.45) is 0 Å². The Kier molecular flexibility index (Phi) is 10.4. The summed E-state index contributed by atoms with van der Waals surface area (Å²) in [7, 11) is 0. The van der Waals surface area contributed by atoms with Gasteiger partial charge in [-0.2, -0.15) is 0 Å². The summed E-state index contributed by atoms with van der Waals surface area (Å²) in [6, 6.07) is 81.4. The Morgan fingerprint density at radius 1 is 0.258 bits per heavy atom. The Morgan fingerprint density at radius 2 is 0.484 bits per heavy atom. The highest BCUT2D eigenvalue weighted by Gasteiger charge is 2.17. The van der Waals surface area contributed by atoms with Crippen LogP contribution in [0.3, 0.4) is 0 Å². The van der Waals surface area contributed by atoms with Gasteiger partial charge in [0.15, 0.2) is 0 Å². The number of fused-ring (bicyclic) bond motifs is 1. The molecule has 296 valence electrons. The van der Waals surface area contributed by atoms with E-state index in [-0.39, 0.29) is 0 Å².